The summed E-state index contributed by atoms with van der Waals surface area (Å²) < 4.78 is 43.9. The van der Waals surface area contributed by atoms with Crippen molar-refractivity contribution in [3.05, 3.63) is 58.9 Å². The molecule has 6 nitrogen and oxygen atoms in total. The zero-order chi connectivity index (χ0) is 21.8. The number of rotatable bonds is 7. The van der Waals surface area contributed by atoms with Gasteiger partial charge < -0.3 is 14.6 Å². The number of amides is 1. The number of nitrogens with zero attached hydrogens (tertiary/aromatic N) is 1. The molecule has 9 heteroatoms. The van der Waals surface area contributed by atoms with Crippen LogP contribution in [0, 0.1) is 13.8 Å². The van der Waals surface area contributed by atoms with Crippen LogP contribution in [0.2, 0.25) is 0 Å². The molecular weight excluding hydrogens is 389 g/mol. The molecule has 0 saturated carbocycles. The van der Waals surface area contributed by atoms with Crippen LogP contribution < -0.4 is 5.32 Å². The zero-order valence-corrected chi connectivity index (χ0v) is 16.2. The highest BCUT2D eigenvalue weighted by atomic mass is 19.4. The lowest BCUT2D eigenvalue weighted by Crippen LogP contribution is -2.40. The van der Waals surface area contributed by atoms with E-state index in [4.69, 9.17) is 4.74 Å². The number of carbonyl (C=O) groups excluding carboxylic acids is 3. The molecule has 156 valence electrons. The van der Waals surface area contributed by atoms with Gasteiger partial charge in [-0.1, -0.05) is 18.2 Å². The number of aromatic nitrogens is 1. The van der Waals surface area contributed by atoms with Crippen molar-refractivity contribution in [2.24, 2.45) is 0 Å². The van der Waals surface area contributed by atoms with Gasteiger partial charge in [0.25, 0.3) is 5.91 Å². The Morgan fingerprint density at radius 3 is 2.34 bits per heavy atom. The van der Waals surface area contributed by atoms with Crippen LogP contribution in [0.25, 0.3) is 0 Å². The van der Waals surface area contributed by atoms with Gasteiger partial charge in [0.05, 0.1) is 0 Å². The van der Waals surface area contributed by atoms with Crippen LogP contribution in [-0.4, -0.2) is 41.1 Å². The van der Waals surface area contributed by atoms with E-state index < -0.39 is 43.0 Å². The average Bonchev–Trinajstić information content (AvgIpc) is 2.93. The number of alkyl halides is 3. The van der Waals surface area contributed by atoms with Crippen LogP contribution in [0.1, 0.15) is 39.0 Å². The van der Waals surface area contributed by atoms with Gasteiger partial charge in [0.2, 0.25) is 5.78 Å². The van der Waals surface area contributed by atoms with Gasteiger partial charge in [-0.25, -0.2) is 4.79 Å². The molecule has 0 fully saturated rings. The molecule has 0 bridgehead atoms. The third kappa shape index (κ3) is 5.94. The van der Waals surface area contributed by atoms with E-state index in [1.807, 2.05) is 0 Å². The van der Waals surface area contributed by atoms with E-state index in [9.17, 15) is 27.6 Å². The van der Waals surface area contributed by atoms with Crippen molar-refractivity contribution in [1.82, 2.24) is 9.88 Å². The highest BCUT2D eigenvalue weighted by Gasteiger charge is 2.30. The van der Waals surface area contributed by atoms with Crippen molar-refractivity contribution < 1.29 is 32.3 Å². The van der Waals surface area contributed by atoms with Crippen LogP contribution in [0.4, 0.5) is 13.2 Å². The number of aryl methyl sites for hydroxylation is 1. The first kappa shape index (κ1) is 22.2. The molecule has 1 aromatic heterocycles. The van der Waals surface area contributed by atoms with Gasteiger partial charge in [-0.2, -0.15) is 13.2 Å². The SMILES string of the molecule is Cc1cc(C(=O)COC(=O)[C@H](C)NC(=O)c2ccccc2)c(C)n1CC(F)(F)F. The molecule has 1 atom stereocenters. The Hall–Kier alpha value is -3.10. The molecule has 0 aliphatic heterocycles. The van der Waals surface area contributed by atoms with Gasteiger partial charge in [0.15, 0.2) is 6.61 Å². The van der Waals surface area contributed by atoms with Crippen molar-refractivity contribution >= 4 is 17.7 Å². The molecule has 1 heterocycles. The molecule has 0 unspecified atom stereocenters. The molecule has 0 saturated heterocycles. The Balaban J connectivity index is 1.95. The summed E-state index contributed by atoms with van der Waals surface area (Å²) in [4.78, 5) is 36.4. The smallest absolute Gasteiger partial charge is 0.406 e. The maximum absolute atomic E-state index is 12.7. The van der Waals surface area contributed by atoms with E-state index in [0.29, 0.717) is 5.56 Å². The van der Waals surface area contributed by atoms with Gasteiger partial charge in [-0.3, -0.25) is 9.59 Å². The summed E-state index contributed by atoms with van der Waals surface area (Å²) >= 11 is 0. The summed E-state index contributed by atoms with van der Waals surface area (Å²) in [6, 6.07) is 8.57. The number of hydrogen-bond donors (Lipinski definition) is 1. The quantitative estimate of drug-likeness (QED) is 0.562. The summed E-state index contributed by atoms with van der Waals surface area (Å²) in [6.07, 6.45) is -4.42. The molecule has 0 aliphatic carbocycles. The number of halogens is 3. The summed E-state index contributed by atoms with van der Waals surface area (Å²) in [6.45, 7) is 2.42. The molecule has 0 spiro atoms. The summed E-state index contributed by atoms with van der Waals surface area (Å²) in [7, 11) is 0. The minimum absolute atomic E-state index is 0.0560. The highest BCUT2D eigenvalue weighted by molar-refractivity contribution is 6.00. The van der Waals surface area contributed by atoms with Gasteiger partial charge in [-0.15, -0.1) is 0 Å². The van der Waals surface area contributed by atoms with Crippen LogP contribution >= 0.6 is 0 Å². The van der Waals surface area contributed by atoms with Gasteiger partial charge >= 0.3 is 12.1 Å². The number of hydrogen-bond acceptors (Lipinski definition) is 4. The highest BCUT2D eigenvalue weighted by Crippen LogP contribution is 2.23. The number of esters is 1. The minimum atomic E-state index is -4.42. The summed E-state index contributed by atoms with van der Waals surface area (Å²) in [5, 5.41) is 2.46. The molecular formula is C20H21F3N2O4. The topological polar surface area (TPSA) is 77.4 Å². The first-order chi connectivity index (χ1) is 13.5. The molecule has 0 radical (unpaired) electrons. The van der Waals surface area contributed by atoms with Crippen LogP contribution in [0.5, 0.6) is 0 Å². The third-order valence-electron chi connectivity index (χ3n) is 4.29. The summed E-state index contributed by atoms with van der Waals surface area (Å²) in [5.74, 6) is -1.93. The fraction of sp³-hybridized carbons (Fsp3) is 0.350. The Morgan fingerprint density at radius 2 is 1.76 bits per heavy atom. The first-order valence-corrected chi connectivity index (χ1v) is 8.79. The number of carbonyl (C=O) groups is 3. The number of benzene rings is 1. The van der Waals surface area contributed by atoms with E-state index in [1.165, 1.54) is 26.8 Å². The Bertz CT molecular complexity index is 904. The van der Waals surface area contributed by atoms with Crippen molar-refractivity contribution in [2.75, 3.05) is 6.61 Å². The fourth-order valence-corrected chi connectivity index (χ4v) is 2.77. The second kappa shape index (κ2) is 8.93. The van der Waals surface area contributed by atoms with Gasteiger partial charge in [0.1, 0.15) is 12.6 Å². The van der Waals surface area contributed by atoms with E-state index in [2.05, 4.69) is 5.32 Å². The standard InChI is InChI=1S/C20H21F3N2O4/c1-12-9-16(14(3)25(12)11-20(21,22)23)17(26)10-29-19(28)13(2)24-18(27)15-7-5-4-6-8-15/h4-9,13H,10-11H2,1-3H3,(H,24,27)/t13-/m0/s1. The van der Waals surface area contributed by atoms with Crippen molar-refractivity contribution in [3.63, 3.8) is 0 Å². The van der Waals surface area contributed by atoms with Crippen molar-refractivity contribution in [2.45, 2.75) is 39.5 Å². The molecule has 2 aromatic rings. The minimum Gasteiger partial charge on any atom is -0.456 e. The molecule has 2 rings (SSSR count). The second-order valence-corrected chi connectivity index (χ2v) is 6.58. The zero-order valence-electron chi connectivity index (χ0n) is 16.2. The molecule has 1 aromatic carbocycles. The van der Waals surface area contributed by atoms with Crippen LogP contribution in [0.3, 0.4) is 0 Å². The number of ether oxygens (including phenoxy) is 1. The lowest BCUT2D eigenvalue weighted by atomic mass is 10.1. The van der Waals surface area contributed by atoms with Crippen molar-refractivity contribution in [3.8, 4) is 0 Å². The lowest BCUT2D eigenvalue weighted by Gasteiger charge is -2.14. The Labute approximate surface area is 165 Å². The molecule has 1 amide bonds. The molecule has 29 heavy (non-hydrogen) atoms. The van der Waals surface area contributed by atoms with Gasteiger partial charge in [0, 0.05) is 22.5 Å². The maximum atomic E-state index is 12.7. The van der Waals surface area contributed by atoms with E-state index in [0.717, 1.165) is 4.57 Å². The van der Waals surface area contributed by atoms with E-state index in [1.54, 1.807) is 30.3 Å². The Kier molecular flexibility index (Phi) is 6.84. The normalized spacial score (nSPS) is 12.3. The van der Waals surface area contributed by atoms with Crippen molar-refractivity contribution in [1.29, 1.82) is 0 Å². The van der Waals surface area contributed by atoms with Crippen LogP contribution in [0.15, 0.2) is 36.4 Å². The number of ketones is 1. The Morgan fingerprint density at radius 1 is 1.14 bits per heavy atom. The first-order valence-electron chi connectivity index (χ1n) is 8.79. The van der Waals surface area contributed by atoms with Crippen LogP contribution in [-0.2, 0) is 16.1 Å². The predicted octanol–water partition coefficient (Wildman–Crippen LogP) is 3.21. The largest absolute Gasteiger partial charge is 0.456 e. The predicted molar refractivity (Wildman–Crippen MR) is 98.6 cm³/mol. The third-order valence-corrected chi connectivity index (χ3v) is 4.29. The summed E-state index contributed by atoms with van der Waals surface area (Å²) in [5.41, 5.74) is 0.838. The molecule has 1 N–H and O–H groups in total. The number of Topliss-reactive ketones (excluding diaryl/α,β-unsaturated/α-hetero) is 1. The maximum Gasteiger partial charge on any atom is 0.406 e. The lowest BCUT2D eigenvalue weighted by molar-refractivity contribution is -0.144. The molecule has 0 aliphatic rings. The van der Waals surface area contributed by atoms with Gasteiger partial charge in [-0.05, 0) is 39.0 Å². The monoisotopic (exact) mass is 410 g/mol. The van der Waals surface area contributed by atoms with E-state index >= 15 is 0 Å². The number of nitrogens with one attached hydrogen (secondary N) is 1. The van der Waals surface area contributed by atoms with E-state index in [-0.39, 0.29) is 17.0 Å². The fourth-order valence-electron chi connectivity index (χ4n) is 2.77. The second-order valence-electron chi connectivity index (χ2n) is 6.58. The average molecular weight is 410 g/mol.